The zero-order chi connectivity index (χ0) is 13.7. The van der Waals surface area contributed by atoms with Gasteiger partial charge in [-0.1, -0.05) is 28.4 Å². The molecule has 1 aromatic rings. The number of halogens is 1. The van der Waals surface area contributed by atoms with Gasteiger partial charge in [0, 0.05) is 17.4 Å². The van der Waals surface area contributed by atoms with Crippen LogP contribution in [0.4, 0.5) is 0 Å². The Bertz CT molecular complexity index is 495. The minimum absolute atomic E-state index is 0.0858. The van der Waals surface area contributed by atoms with Gasteiger partial charge in [0.05, 0.1) is 11.6 Å². The van der Waals surface area contributed by atoms with Crippen LogP contribution in [0.3, 0.4) is 0 Å². The summed E-state index contributed by atoms with van der Waals surface area (Å²) < 4.78 is 0. The maximum Gasteiger partial charge on any atom is 0.251 e. The lowest BCUT2D eigenvalue weighted by atomic mass is 9.98. The summed E-state index contributed by atoms with van der Waals surface area (Å²) in [6, 6.07) is 8.87. The predicted octanol–water partition coefficient (Wildman–Crippen LogP) is 3.10. The molecule has 2 rings (SSSR count). The Morgan fingerprint density at radius 1 is 1.42 bits per heavy atom. The van der Waals surface area contributed by atoms with Crippen molar-refractivity contribution in [2.24, 2.45) is 11.8 Å². The van der Waals surface area contributed by atoms with E-state index in [0.29, 0.717) is 23.0 Å². The Morgan fingerprint density at radius 2 is 2.21 bits per heavy atom. The van der Waals surface area contributed by atoms with Crippen molar-refractivity contribution in [2.45, 2.75) is 19.3 Å². The van der Waals surface area contributed by atoms with Gasteiger partial charge < -0.3 is 5.32 Å². The summed E-state index contributed by atoms with van der Waals surface area (Å²) in [5.41, 5.74) is 1.08. The third-order valence-corrected chi connectivity index (χ3v) is 4.63. The van der Waals surface area contributed by atoms with Crippen LogP contribution in [0.25, 0.3) is 0 Å². The standard InChI is InChI=1S/C15H17BrN2O/c16-8-13-5-2-6-14(13)10-18-15(19)12-4-1-3-11(7-12)9-17/h1,3-4,7,13-14H,2,5-6,8,10H2,(H,18,19). The Morgan fingerprint density at radius 3 is 2.95 bits per heavy atom. The molecule has 0 spiro atoms. The van der Waals surface area contributed by atoms with Crippen molar-refractivity contribution in [3.05, 3.63) is 35.4 Å². The molecule has 1 N–H and O–H groups in total. The number of carbonyl (C=O) groups excluding carboxylic acids is 1. The Kier molecular flexibility index (Phi) is 4.98. The van der Waals surface area contributed by atoms with Crippen LogP contribution in [-0.4, -0.2) is 17.8 Å². The van der Waals surface area contributed by atoms with E-state index < -0.39 is 0 Å². The maximum absolute atomic E-state index is 12.0. The number of nitrogens with one attached hydrogen (secondary N) is 1. The normalized spacial score (nSPS) is 21.9. The van der Waals surface area contributed by atoms with Gasteiger partial charge in [0.15, 0.2) is 0 Å². The molecule has 1 aromatic carbocycles. The SMILES string of the molecule is N#Cc1cccc(C(=O)NCC2CCCC2CBr)c1. The average molecular weight is 321 g/mol. The van der Waals surface area contributed by atoms with Gasteiger partial charge in [0.2, 0.25) is 0 Å². The molecular weight excluding hydrogens is 304 g/mol. The Labute approximate surface area is 122 Å². The lowest BCUT2D eigenvalue weighted by Gasteiger charge is -2.17. The van der Waals surface area contributed by atoms with E-state index in [-0.39, 0.29) is 5.91 Å². The maximum atomic E-state index is 12.0. The van der Waals surface area contributed by atoms with Gasteiger partial charge in [-0.25, -0.2) is 0 Å². The molecule has 0 heterocycles. The van der Waals surface area contributed by atoms with Crippen LogP contribution >= 0.6 is 15.9 Å². The molecule has 0 aliphatic heterocycles. The van der Waals surface area contributed by atoms with E-state index in [1.54, 1.807) is 24.3 Å². The molecule has 1 fully saturated rings. The number of alkyl halides is 1. The van der Waals surface area contributed by atoms with Crippen molar-refractivity contribution in [1.82, 2.24) is 5.32 Å². The van der Waals surface area contributed by atoms with Gasteiger partial charge in [0.25, 0.3) is 5.91 Å². The number of hydrogen-bond acceptors (Lipinski definition) is 2. The second kappa shape index (κ2) is 6.72. The summed E-state index contributed by atoms with van der Waals surface area (Å²) in [4.78, 5) is 12.0. The lowest BCUT2D eigenvalue weighted by molar-refractivity contribution is 0.0945. The van der Waals surface area contributed by atoms with Gasteiger partial charge in [-0.05, 0) is 42.9 Å². The van der Waals surface area contributed by atoms with E-state index in [0.717, 1.165) is 11.9 Å². The number of amides is 1. The van der Waals surface area contributed by atoms with Crippen LogP contribution in [-0.2, 0) is 0 Å². The summed E-state index contributed by atoms with van der Waals surface area (Å²) in [6.45, 7) is 0.728. The fourth-order valence-electron chi connectivity index (χ4n) is 2.64. The number of benzene rings is 1. The van der Waals surface area contributed by atoms with E-state index in [1.807, 2.05) is 6.07 Å². The third kappa shape index (κ3) is 3.57. The molecule has 19 heavy (non-hydrogen) atoms. The molecule has 0 bridgehead atoms. The van der Waals surface area contributed by atoms with Gasteiger partial charge in [0.1, 0.15) is 0 Å². The first-order valence-corrected chi connectivity index (χ1v) is 7.71. The summed E-state index contributed by atoms with van der Waals surface area (Å²) >= 11 is 3.54. The zero-order valence-electron chi connectivity index (χ0n) is 10.7. The molecule has 1 saturated carbocycles. The summed E-state index contributed by atoms with van der Waals surface area (Å²) in [7, 11) is 0. The highest BCUT2D eigenvalue weighted by atomic mass is 79.9. The highest BCUT2D eigenvalue weighted by Crippen LogP contribution is 2.32. The molecule has 1 amide bonds. The molecule has 4 heteroatoms. The zero-order valence-corrected chi connectivity index (χ0v) is 12.3. The first kappa shape index (κ1) is 14.1. The van der Waals surface area contributed by atoms with Crippen LogP contribution in [0.5, 0.6) is 0 Å². The molecular formula is C15H17BrN2O. The van der Waals surface area contributed by atoms with E-state index >= 15 is 0 Å². The molecule has 100 valence electrons. The van der Waals surface area contributed by atoms with E-state index in [9.17, 15) is 4.79 Å². The minimum Gasteiger partial charge on any atom is -0.352 e. The molecule has 0 radical (unpaired) electrons. The number of hydrogen-bond donors (Lipinski definition) is 1. The Balaban J connectivity index is 1.92. The number of nitriles is 1. The fourth-order valence-corrected chi connectivity index (χ4v) is 3.49. The first-order valence-electron chi connectivity index (χ1n) is 6.59. The van der Waals surface area contributed by atoms with E-state index in [4.69, 9.17) is 5.26 Å². The van der Waals surface area contributed by atoms with Crippen molar-refractivity contribution < 1.29 is 4.79 Å². The third-order valence-electron chi connectivity index (χ3n) is 3.79. The molecule has 0 aromatic heterocycles. The number of carbonyl (C=O) groups is 1. The minimum atomic E-state index is -0.0858. The van der Waals surface area contributed by atoms with Gasteiger partial charge >= 0.3 is 0 Å². The van der Waals surface area contributed by atoms with Crippen LogP contribution in [0.2, 0.25) is 0 Å². The number of nitrogens with zero attached hydrogens (tertiary/aromatic N) is 1. The number of rotatable bonds is 4. The highest BCUT2D eigenvalue weighted by molar-refractivity contribution is 9.09. The Hall–Kier alpha value is -1.34. The molecule has 0 saturated heterocycles. The fraction of sp³-hybridized carbons (Fsp3) is 0.467. The van der Waals surface area contributed by atoms with Crippen LogP contribution < -0.4 is 5.32 Å². The second-order valence-electron chi connectivity index (χ2n) is 5.01. The van der Waals surface area contributed by atoms with Gasteiger partial charge in [-0.2, -0.15) is 5.26 Å². The summed E-state index contributed by atoms with van der Waals surface area (Å²) in [5.74, 6) is 1.16. The van der Waals surface area contributed by atoms with E-state index in [1.165, 1.54) is 19.3 Å². The molecule has 2 unspecified atom stereocenters. The van der Waals surface area contributed by atoms with Gasteiger partial charge in [-0.3, -0.25) is 4.79 Å². The van der Waals surface area contributed by atoms with Crippen molar-refractivity contribution in [3.8, 4) is 6.07 Å². The quantitative estimate of drug-likeness (QED) is 0.867. The van der Waals surface area contributed by atoms with Crippen LogP contribution in [0.15, 0.2) is 24.3 Å². The molecule has 1 aliphatic rings. The van der Waals surface area contributed by atoms with Crippen molar-refractivity contribution in [2.75, 3.05) is 11.9 Å². The van der Waals surface area contributed by atoms with Crippen molar-refractivity contribution in [3.63, 3.8) is 0 Å². The highest BCUT2D eigenvalue weighted by Gasteiger charge is 2.26. The molecule has 3 nitrogen and oxygen atoms in total. The summed E-state index contributed by atoms with van der Waals surface area (Å²) in [5, 5.41) is 12.8. The lowest BCUT2D eigenvalue weighted by Crippen LogP contribution is -2.31. The van der Waals surface area contributed by atoms with Crippen LogP contribution in [0, 0.1) is 23.2 Å². The monoisotopic (exact) mass is 320 g/mol. The largest absolute Gasteiger partial charge is 0.352 e. The second-order valence-corrected chi connectivity index (χ2v) is 5.66. The first-order chi connectivity index (χ1) is 9.24. The molecule has 1 aliphatic carbocycles. The van der Waals surface area contributed by atoms with Crippen molar-refractivity contribution >= 4 is 21.8 Å². The topological polar surface area (TPSA) is 52.9 Å². The predicted molar refractivity (Wildman–Crippen MR) is 78.1 cm³/mol. The smallest absolute Gasteiger partial charge is 0.251 e. The summed E-state index contributed by atoms with van der Waals surface area (Å²) in [6.07, 6.45) is 3.69. The average Bonchev–Trinajstić information content (AvgIpc) is 2.92. The van der Waals surface area contributed by atoms with Crippen molar-refractivity contribution in [1.29, 1.82) is 5.26 Å². The van der Waals surface area contributed by atoms with E-state index in [2.05, 4.69) is 21.2 Å². The van der Waals surface area contributed by atoms with Gasteiger partial charge in [-0.15, -0.1) is 0 Å². The molecule has 2 atom stereocenters. The van der Waals surface area contributed by atoms with Crippen LogP contribution in [0.1, 0.15) is 35.2 Å².